The van der Waals surface area contributed by atoms with Crippen molar-refractivity contribution in [1.82, 2.24) is 15.2 Å². The molecule has 4 rings (SSSR count). The lowest BCUT2D eigenvalue weighted by Crippen LogP contribution is -1.91. The van der Waals surface area contributed by atoms with Crippen LogP contribution < -0.4 is 0 Å². The average molecular weight is 327 g/mol. The van der Waals surface area contributed by atoms with Crippen LogP contribution in [0.15, 0.2) is 85.3 Å². The molecule has 25 heavy (non-hydrogen) atoms. The van der Waals surface area contributed by atoms with E-state index in [1.165, 1.54) is 6.07 Å². The third-order valence-corrected chi connectivity index (χ3v) is 4.00. The standard InChI is InChI=1S/C21H14FN3/c22-20-9-8-16(11-19(20)17-7-4-10-23-13-17)18-12-21(25-24-14-18)15-5-2-1-3-6-15/h1-14H. The highest BCUT2D eigenvalue weighted by molar-refractivity contribution is 5.75. The summed E-state index contributed by atoms with van der Waals surface area (Å²) >= 11 is 0. The van der Waals surface area contributed by atoms with Gasteiger partial charge in [0.1, 0.15) is 5.82 Å². The lowest BCUT2D eigenvalue weighted by Gasteiger charge is -2.08. The number of nitrogens with zero attached hydrogens (tertiary/aromatic N) is 3. The number of rotatable bonds is 3. The van der Waals surface area contributed by atoms with Crippen molar-refractivity contribution in [2.75, 3.05) is 0 Å². The fourth-order valence-electron chi connectivity index (χ4n) is 2.72. The molecule has 0 radical (unpaired) electrons. The Labute approximate surface area is 144 Å². The predicted molar refractivity (Wildman–Crippen MR) is 96.1 cm³/mol. The summed E-state index contributed by atoms with van der Waals surface area (Å²) in [5.41, 5.74) is 4.80. The van der Waals surface area contributed by atoms with E-state index in [9.17, 15) is 4.39 Å². The lowest BCUT2D eigenvalue weighted by molar-refractivity contribution is 0.631. The van der Waals surface area contributed by atoms with Crippen molar-refractivity contribution < 1.29 is 4.39 Å². The molecule has 0 bridgehead atoms. The van der Waals surface area contributed by atoms with Gasteiger partial charge in [-0.05, 0) is 29.8 Å². The average Bonchev–Trinajstić information content (AvgIpc) is 2.70. The first-order valence-corrected chi connectivity index (χ1v) is 7.90. The van der Waals surface area contributed by atoms with Crippen LogP contribution in [0.25, 0.3) is 33.5 Å². The molecule has 2 aromatic carbocycles. The SMILES string of the molecule is Fc1ccc(-c2cnnc(-c3ccccc3)c2)cc1-c1cccnc1. The van der Waals surface area contributed by atoms with Crippen LogP contribution in [0, 0.1) is 5.82 Å². The zero-order valence-corrected chi connectivity index (χ0v) is 13.3. The van der Waals surface area contributed by atoms with Crippen molar-refractivity contribution in [3.63, 3.8) is 0 Å². The van der Waals surface area contributed by atoms with Gasteiger partial charge in [-0.2, -0.15) is 10.2 Å². The lowest BCUT2D eigenvalue weighted by atomic mass is 9.99. The summed E-state index contributed by atoms with van der Waals surface area (Å²) in [6, 6.07) is 20.5. The van der Waals surface area contributed by atoms with Crippen LogP contribution in [0.3, 0.4) is 0 Å². The van der Waals surface area contributed by atoms with Gasteiger partial charge in [0.25, 0.3) is 0 Å². The van der Waals surface area contributed by atoms with Gasteiger partial charge in [0.05, 0.1) is 11.9 Å². The molecule has 4 aromatic rings. The van der Waals surface area contributed by atoms with Gasteiger partial charge in [-0.3, -0.25) is 4.98 Å². The minimum absolute atomic E-state index is 0.276. The maximum Gasteiger partial charge on any atom is 0.131 e. The second kappa shape index (κ2) is 6.61. The van der Waals surface area contributed by atoms with Gasteiger partial charge >= 0.3 is 0 Å². The molecule has 4 heteroatoms. The molecular formula is C21H14FN3. The summed E-state index contributed by atoms with van der Waals surface area (Å²) in [6.45, 7) is 0. The number of halogens is 1. The third-order valence-electron chi connectivity index (χ3n) is 4.00. The largest absolute Gasteiger partial charge is 0.264 e. The normalized spacial score (nSPS) is 10.6. The Morgan fingerprint density at radius 2 is 1.52 bits per heavy atom. The molecular weight excluding hydrogens is 313 g/mol. The topological polar surface area (TPSA) is 38.7 Å². The van der Waals surface area contributed by atoms with Crippen LogP contribution in [0.5, 0.6) is 0 Å². The Bertz CT molecular complexity index is 1000. The molecule has 0 aliphatic carbocycles. The Morgan fingerprint density at radius 1 is 0.680 bits per heavy atom. The summed E-state index contributed by atoms with van der Waals surface area (Å²) in [7, 11) is 0. The zero-order valence-electron chi connectivity index (χ0n) is 13.3. The smallest absolute Gasteiger partial charge is 0.131 e. The third kappa shape index (κ3) is 3.15. The first-order chi connectivity index (χ1) is 12.3. The van der Waals surface area contributed by atoms with Crippen LogP contribution in [0.1, 0.15) is 0 Å². The van der Waals surface area contributed by atoms with E-state index in [4.69, 9.17) is 0 Å². The van der Waals surface area contributed by atoms with Gasteiger partial charge in [0, 0.05) is 34.6 Å². The van der Waals surface area contributed by atoms with Gasteiger partial charge in [0.15, 0.2) is 0 Å². The fraction of sp³-hybridized carbons (Fsp3) is 0. The Kier molecular flexibility index (Phi) is 4.01. The van der Waals surface area contributed by atoms with Crippen LogP contribution in [0.4, 0.5) is 4.39 Å². The number of hydrogen-bond acceptors (Lipinski definition) is 3. The summed E-state index contributed by atoms with van der Waals surface area (Å²) in [5, 5.41) is 8.31. The predicted octanol–water partition coefficient (Wildman–Crippen LogP) is 5.01. The van der Waals surface area contributed by atoms with Crippen LogP contribution in [-0.2, 0) is 0 Å². The summed E-state index contributed by atoms with van der Waals surface area (Å²) < 4.78 is 14.3. The molecule has 0 aliphatic rings. The maximum atomic E-state index is 14.3. The molecule has 0 spiro atoms. The maximum absolute atomic E-state index is 14.3. The zero-order chi connectivity index (χ0) is 17.1. The van der Waals surface area contributed by atoms with Gasteiger partial charge in [-0.15, -0.1) is 0 Å². The molecule has 0 amide bonds. The van der Waals surface area contributed by atoms with E-state index in [1.54, 1.807) is 30.7 Å². The summed E-state index contributed by atoms with van der Waals surface area (Å²) in [4.78, 5) is 4.07. The van der Waals surface area contributed by atoms with Gasteiger partial charge < -0.3 is 0 Å². The first kappa shape index (κ1) is 15.1. The highest BCUT2D eigenvalue weighted by atomic mass is 19.1. The monoisotopic (exact) mass is 327 g/mol. The van der Waals surface area contributed by atoms with Crippen LogP contribution >= 0.6 is 0 Å². The first-order valence-electron chi connectivity index (χ1n) is 7.90. The summed E-state index contributed by atoms with van der Waals surface area (Å²) in [6.07, 6.45) is 5.01. The highest BCUT2D eigenvalue weighted by Gasteiger charge is 2.09. The van der Waals surface area contributed by atoms with Crippen molar-refractivity contribution >= 4 is 0 Å². The van der Waals surface area contributed by atoms with E-state index in [2.05, 4.69) is 15.2 Å². The minimum Gasteiger partial charge on any atom is -0.264 e. The summed E-state index contributed by atoms with van der Waals surface area (Å²) in [5.74, 6) is -0.276. The number of aromatic nitrogens is 3. The van der Waals surface area contributed by atoms with Gasteiger partial charge in [-0.1, -0.05) is 42.5 Å². The highest BCUT2D eigenvalue weighted by Crippen LogP contribution is 2.29. The number of pyridine rings is 1. The van der Waals surface area contributed by atoms with Crippen molar-refractivity contribution in [1.29, 1.82) is 0 Å². The number of benzene rings is 2. The molecule has 0 fully saturated rings. The van der Waals surface area contributed by atoms with E-state index in [0.29, 0.717) is 5.56 Å². The Morgan fingerprint density at radius 3 is 2.32 bits per heavy atom. The van der Waals surface area contributed by atoms with Gasteiger partial charge in [0.2, 0.25) is 0 Å². The number of hydrogen-bond donors (Lipinski definition) is 0. The molecule has 3 nitrogen and oxygen atoms in total. The van der Waals surface area contributed by atoms with E-state index in [1.807, 2.05) is 48.5 Å². The van der Waals surface area contributed by atoms with Crippen LogP contribution in [0.2, 0.25) is 0 Å². The van der Waals surface area contributed by atoms with Crippen molar-refractivity contribution in [2.24, 2.45) is 0 Å². The van der Waals surface area contributed by atoms with E-state index in [0.717, 1.165) is 27.9 Å². The minimum atomic E-state index is -0.276. The van der Waals surface area contributed by atoms with E-state index >= 15 is 0 Å². The second-order valence-electron chi connectivity index (χ2n) is 5.63. The molecule has 0 atom stereocenters. The van der Waals surface area contributed by atoms with Crippen molar-refractivity contribution in [3.8, 4) is 33.5 Å². The molecule has 0 saturated heterocycles. The van der Waals surface area contributed by atoms with Crippen molar-refractivity contribution in [2.45, 2.75) is 0 Å². The van der Waals surface area contributed by atoms with E-state index in [-0.39, 0.29) is 5.82 Å². The molecule has 0 saturated carbocycles. The molecule has 0 aliphatic heterocycles. The second-order valence-corrected chi connectivity index (χ2v) is 5.63. The van der Waals surface area contributed by atoms with Crippen LogP contribution in [-0.4, -0.2) is 15.2 Å². The quantitative estimate of drug-likeness (QED) is 0.531. The molecule has 0 unspecified atom stereocenters. The fourth-order valence-corrected chi connectivity index (χ4v) is 2.72. The van der Waals surface area contributed by atoms with E-state index < -0.39 is 0 Å². The molecule has 2 heterocycles. The molecule has 120 valence electrons. The Balaban J connectivity index is 1.78. The van der Waals surface area contributed by atoms with Gasteiger partial charge in [-0.25, -0.2) is 4.39 Å². The molecule has 2 aromatic heterocycles. The Hall–Kier alpha value is -3.40. The molecule has 0 N–H and O–H groups in total. The van der Waals surface area contributed by atoms with Crippen molar-refractivity contribution in [3.05, 3.63) is 91.1 Å².